The van der Waals surface area contributed by atoms with Gasteiger partial charge in [-0.1, -0.05) is 6.07 Å². The minimum Gasteiger partial charge on any atom is -0.480 e. The zero-order chi connectivity index (χ0) is 20.2. The van der Waals surface area contributed by atoms with Crippen molar-refractivity contribution in [1.82, 2.24) is 10.3 Å². The number of pyridine rings is 1. The fraction of sp³-hybridized carbons (Fsp3) is 0.632. The third-order valence-electron chi connectivity index (χ3n) is 3.98. The Morgan fingerprint density at radius 2 is 1.96 bits per heavy atom. The number of hydrogen-bond acceptors (Lipinski definition) is 6. The van der Waals surface area contributed by atoms with Gasteiger partial charge in [-0.3, -0.25) is 0 Å². The Morgan fingerprint density at radius 1 is 1.33 bits per heavy atom. The van der Waals surface area contributed by atoms with Gasteiger partial charge in [0, 0.05) is 25.7 Å². The number of nitrogens with zero attached hydrogens (tertiary/aromatic N) is 2. The van der Waals surface area contributed by atoms with Crippen molar-refractivity contribution < 1.29 is 24.2 Å². The van der Waals surface area contributed by atoms with Crippen molar-refractivity contribution >= 4 is 17.9 Å². The molecule has 1 amide bonds. The molecule has 1 fully saturated rings. The van der Waals surface area contributed by atoms with Crippen molar-refractivity contribution in [1.29, 1.82) is 0 Å². The molecule has 1 aromatic rings. The molecule has 3 unspecified atom stereocenters. The number of morpholine rings is 1. The van der Waals surface area contributed by atoms with Crippen LogP contribution in [0.25, 0.3) is 0 Å². The molecule has 0 aromatic carbocycles. The van der Waals surface area contributed by atoms with Crippen LogP contribution in [0, 0.1) is 0 Å². The summed E-state index contributed by atoms with van der Waals surface area (Å²) in [5.41, 5.74) is 0.0273. The number of aliphatic carboxylic acids is 1. The van der Waals surface area contributed by atoms with Crippen LogP contribution in [-0.4, -0.2) is 59.1 Å². The molecule has 8 heteroatoms. The van der Waals surface area contributed by atoms with Crippen molar-refractivity contribution in [3.63, 3.8) is 0 Å². The van der Waals surface area contributed by atoms with Gasteiger partial charge in [0.15, 0.2) is 0 Å². The predicted molar refractivity (Wildman–Crippen MR) is 101 cm³/mol. The summed E-state index contributed by atoms with van der Waals surface area (Å²) in [6.45, 7) is 10.7. The maximum Gasteiger partial charge on any atom is 0.408 e. The summed E-state index contributed by atoms with van der Waals surface area (Å²) in [7, 11) is 0. The van der Waals surface area contributed by atoms with E-state index in [0.29, 0.717) is 0 Å². The number of aromatic nitrogens is 1. The monoisotopic (exact) mass is 379 g/mol. The number of carbonyl (C=O) groups excluding carboxylic acids is 1. The molecular weight excluding hydrogens is 350 g/mol. The number of alkyl carbamates (subject to hydrolysis) is 1. The molecule has 0 radical (unpaired) electrons. The first-order valence-electron chi connectivity index (χ1n) is 9.11. The summed E-state index contributed by atoms with van der Waals surface area (Å²) in [5, 5.41) is 11.8. The predicted octanol–water partition coefficient (Wildman–Crippen LogP) is 2.22. The Hall–Kier alpha value is -2.35. The molecule has 2 rings (SSSR count). The van der Waals surface area contributed by atoms with Crippen LogP contribution in [0.5, 0.6) is 0 Å². The molecule has 0 saturated carbocycles. The molecule has 0 bridgehead atoms. The molecule has 2 heterocycles. The lowest BCUT2D eigenvalue weighted by atomic mass is 10.1. The number of rotatable bonds is 5. The van der Waals surface area contributed by atoms with E-state index in [-0.39, 0.29) is 18.6 Å². The molecule has 150 valence electrons. The number of hydrogen-bond donors (Lipinski definition) is 2. The van der Waals surface area contributed by atoms with Gasteiger partial charge in [0.25, 0.3) is 0 Å². The first-order chi connectivity index (χ1) is 12.5. The van der Waals surface area contributed by atoms with Gasteiger partial charge < -0.3 is 24.8 Å². The second-order valence-corrected chi connectivity index (χ2v) is 7.93. The highest BCUT2D eigenvalue weighted by atomic mass is 16.6. The molecular formula is C19H29N3O5. The third kappa shape index (κ3) is 6.71. The van der Waals surface area contributed by atoms with Crippen LogP contribution in [0.1, 0.15) is 40.2 Å². The first-order valence-corrected chi connectivity index (χ1v) is 9.11. The van der Waals surface area contributed by atoms with E-state index in [1.54, 1.807) is 27.0 Å². The lowest BCUT2D eigenvalue weighted by Gasteiger charge is -2.36. The summed E-state index contributed by atoms with van der Waals surface area (Å²) < 4.78 is 10.9. The topological polar surface area (TPSA) is 101 Å². The highest BCUT2D eigenvalue weighted by Crippen LogP contribution is 2.19. The Labute approximate surface area is 159 Å². The summed E-state index contributed by atoms with van der Waals surface area (Å²) >= 11 is 0. The average Bonchev–Trinajstić information content (AvgIpc) is 2.52. The van der Waals surface area contributed by atoms with Crippen molar-refractivity contribution in [2.75, 3.05) is 18.0 Å². The normalized spacial score (nSPS) is 21.4. The van der Waals surface area contributed by atoms with Crippen LogP contribution in [0.15, 0.2) is 18.3 Å². The van der Waals surface area contributed by atoms with E-state index < -0.39 is 23.7 Å². The van der Waals surface area contributed by atoms with Gasteiger partial charge in [-0.15, -0.1) is 0 Å². The SMILES string of the molecule is CC1CN(c2ccc(CC(NC(=O)OC(C)(C)C)C(=O)O)cn2)CC(C)O1. The van der Waals surface area contributed by atoms with Gasteiger partial charge in [0.1, 0.15) is 17.5 Å². The van der Waals surface area contributed by atoms with Crippen molar-refractivity contribution in [2.24, 2.45) is 0 Å². The fourth-order valence-electron chi connectivity index (χ4n) is 2.98. The third-order valence-corrected chi connectivity index (χ3v) is 3.98. The summed E-state index contributed by atoms with van der Waals surface area (Å²) in [6.07, 6.45) is 1.27. The summed E-state index contributed by atoms with van der Waals surface area (Å²) in [4.78, 5) is 29.9. The lowest BCUT2D eigenvalue weighted by molar-refractivity contribution is -0.139. The molecule has 27 heavy (non-hydrogen) atoms. The van der Waals surface area contributed by atoms with Crippen LogP contribution in [-0.2, 0) is 20.7 Å². The Bertz CT molecular complexity index is 646. The van der Waals surface area contributed by atoms with Crippen LogP contribution in [0.3, 0.4) is 0 Å². The van der Waals surface area contributed by atoms with Crippen molar-refractivity contribution in [3.8, 4) is 0 Å². The summed E-state index contributed by atoms with van der Waals surface area (Å²) in [5.74, 6) is -0.298. The van der Waals surface area contributed by atoms with Gasteiger partial charge in [-0.25, -0.2) is 14.6 Å². The van der Waals surface area contributed by atoms with E-state index in [1.807, 2.05) is 26.0 Å². The average molecular weight is 379 g/mol. The second-order valence-electron chi connectivity index (χ2n) is 7.93. The maximum atomic E-state index is 11.9. The van der Waals surface area contributed by atoms with Gasteiger partial charge in [-0.05, 0) is 46.2 Å². The molecule has 1 aliphatic rings. The Balaban J connectivity index is 2.00. The van der Waals surface area contributed by atoms with Crippen molar-refractivity contribution in [2.45, 2.75) is 64.9 Å². The number of amides is 1. The minimum atomic E-state index is -1.12. The number of ether oxygens (including phenoxy) is 2. The maximum absolute atomic E-state index is 11.9. The second kappa shape index (κ2) is 8.56. The zero-order valence-electron chi connectivity index (χ0n) is 16.6. The van der Waals surface area contributed by atoms with Gasteiger partial charge in [-0.2, -0.15) is 0 Å². The molecule has 3 atom stereocenters. The van der Waals surface area contributed by atoms with Crippen LogP contribution < -0.4 is 10.2 Å². The van der Waals surface area contributed by atoms with Crippen LogP contribution in [0.2, 0.25) is 0 Å². The largest absolute Gasteiger partial charge is 0.480 e. The highest BCUT2D eigenvalue weighted by Gasteiger charge is 2.25. The van der Waals surface area contributed by atoms with Gasteiger partial charge >= 0.3 is 12.1 Å². The minimum absolute atomic E-state index is 0.123. The van der Waals surface area contributed by atoms with E-state index in [9.17, 15) is 14.7 Å². The van der Waals surface area contributed by atoms with Crippen LogP contribution >= 0.6 is 0 Å². The lowest BCUT2D eigenvalue weighted by Crippen LogP contribution is -2.46. The Kier molecular flexibility index (Phi) is 6.64. The molecule has 1 saturated heterocycles. The molecule has 1 aromatic heterocycles. The standard InChI is InChI=1S/C19H29N3O5/c1-12-10-22(11-13(2)26-12)16-7-6-14(9-20-16)8-15(17(23)24)21-18(25)27-19(3,4)5/h6-7,9,12-13,15H,8,10-11H2,1-5H3,(H,21,25)(H,23,24). The number of carboxylic acid groups (broad SMARTS) is 1. The number of anilines is 1. The number of carbonyl (C=O) groups is 2. The highest BCUT2D eigenvalue weighted by molar-refractivity contribution is 5.80. The Morgan fingerprint density at radius 3 is 2.44 bits per heavy atom. The molecule has 2 N–H and O–H groups in total. The summed E-state index contributed by atoms with van der Waals surface area (Å²) in [6, 6.07) is 2.61. The van der Waals surface area contributed by atoms with Gasteiger partial charge in [0.05, 0.1) is 12.2 Å². The zero-order valence-corrected chi connectivity index (χ0v) is 16.6. The molecule has 0 aliphatic carbocycles. The van der Waals surface area contributed by atoms with E-state index in [2.05, 4.69) is 15.2 Å². The van der Waals surface area contributed by atoms with E-state index >= 15 is 0 Å². The first kappa shape index (κ1) is 21.0. The van der Waals surface area contributed by atoms with E-state index in [1.165, 1.54) is 0 Å². The molecule has 0 spiro atoms. The van der Waals surface area contributed by atoms with Gasteiger partial charge in [0.2, 0.25) is 0 Å². The molecule has 8 nitrogen and oxygen atoms in total. The smallest absolute Gasteiger partial charge is 0.408 e. The van der Waals surface area contributed by atoms with E-state index in [4.69, 9.17) is 9.47 Å². The van der Waals surface area contributed by atoms with E-state index in [0.717, 1.165) is 24.5 Å². The van der Waals surface area contributed by atoms with Crippen molar-refractivity contribution in [3.05, 3.63) is 23.9 Å². The number of carboxylic acids is 1. The quantitative estimate of drug-likeness (QED) is 0.809. The molecule has 1 aliphatic heterocycles. The number of nitrogens with one attached hydrogen (secondary N) is 1. The van der Waals surface area contributed by atoms with Crippen LogP contribution in [0.4, 0.5) is 10.6 Å². The fourth-order valence-corrected chi connectivity index (χ4v) is 2.98.